The predicted molar refractivity (Wildman–Crippen MR) is 127 cm³/mol. The first-order valence-electron chi connectivity index (χ1n) is 10.7. The number of amides is 1. The molecule has 0 atom stereocenters. The first kappa shape index (κ1) is 22.3. The second-order valence-electron chi connectivity index (χ2n) is 7.32. The summed E-state index contributed by atoms with van der Waals surface area (Å²) in [5.41, 5.74) is 9.73. The Hall–Kier alpha value is -3.85. The average molecular weight is 450 g/mol. The number of nitrogens with one attached hydrogen (secondary N) is 1. The second kappa shape index (κ2) is 9.74. The largest absolute Gasteiger partial charge is 0.497 e. The number of ether oxygens (including phenoxy) is 3. The standard InChI is InChI=1S/C24H27N5O4/c1-4-33-13-7-12-26-24(30)20-21-23(28-17-9-6-5-8-16(17)27-21)29(22(20)25)18-11-10-15(31-2)14-19(18)32-3/h5-6,8-11,14H,4,7,12-13,25H2,1-3H3,(H,26,30). The number of rotatable bonds is 9. The van der Waals surface area contributed by atoms with Gasteiger partial charge in [-0.15, -0.1) is 0 Å². The Morgan fingerprint density at radius 1 is 1.09 bits per heavy atom. The molecule has 0 saturated carbocycles. The van der Waals surface area contributed by atoms with Crippen LogP contribution in [-0.4, -0.2) is 54.4 Å². The lowest BCUT2D eigenvalue weighted by Gasteiger charge is -2.13. The molecule has 0 aliphatic heterocycles. The summed E-state index contributed by atoms with van der Waals surface area (Å²) in [5, 5.41) is 2.92. The number of hydrogen-bond donors (Lipinski definition) is 2. The van der Waals surface area contributed by atoms with Gasteiger partial charge in [-0.3, -0.25) is 9.36 Å². The van der Waals surface area contributed by atoms with Crippen molar-refractivity contribution >= 4 is 33.9 Å². The van der Waals surface area contributed by atoms with Gasteiger partial charge in [-0.05, 0) is 37.6 Å². The Morgan fingerprint density at radius 3 is 2.55 bits per heavy atom. The van der Waals surface area contributed by atoms with E-state index in [9.17, 15) is 4.79 Å². The molecule has 2 aromatic carbocycles. The lowest BCUT2D eigenvalue weighted by atomic mass is 10.2. The lowest BCUT2D eigenvalue weighted by molar-refractivity contribution is 0.0946. The normalized spacial score (nSPS) is 11.1. The van der Waals surface area contributed by atoms with Crippen LogP contribution in [0.15, 0.2) is 42.5 Å². The fourth-order valence-electron chi connectivity index (χ4n) is 3.71. The Balaban J connectivity index is 1.87. The second-order valence-corrected chi connectivity index (χ2v) is 7.32. The van der Waals surface area contributed by atoms with Gasteiger partial charge >= 0.3 is 0 Å². The van der Waals surface area contributed by atoms with Crippen molar-refractivity contribution in [1.82, 2.24) is 19.9 Å². The number of nitrogens with zero attached hydrogens (tertiary/aromatic N) is 3. The fraction of sp³-hybridized carbons (Fsp3) is 0.292. The molecule has 4 aromatic rings. The van der Waals surface area contributed by atoms with Crippen LogP contribution < -0.4 is 20.5 Å². The van der Waals surface area contributed by atoms with Gasteiger partial charge in [0.1, 0.15) is 28.4 Å². The van der Waals surface area contributed by atoms with Crippen LogP contribution in [0.4, 0.5) is 5.82 Å². The van der Waals surface area contributed by atoms with E-state index in [4.69, 9.17) is 29.9 Å². The molecule has 0 bridgehead atoms. The van der Waals surface area contributed by atoms with Crippen molar-refractivity contribution < 1.29 is 19.0 Å². The molecular formula is C24H27N5O4. The van der Waals surface area contributed by atoms with Crippen LogP contribution >= 0.6 is 0 Å². The molecule has 172 valence electrons. The molecule has 33 heavy (non-hydrogen) atoms. The minimum absolute atomic E-state index is 0.228. The molecule has 4 rings (SSSR count). The first-order valence-corrected chi connectivity index (χ1v) is 10.7. The third-order valence-electron chi connectivity index (χ3n) is 5.31. The number of nitrogens with two attached hydrogens (primary N) is 1. The topological polar surface area (TPSA) is 114 Å². The summed E-state index contributed by atoms with van der Waals surface area (Å²) in [6.45, 7) is 3.60. The first-order chi connectivity index (χ1) is 16.1. The molecule has 0 fully saturated rings. The molecule has 0 saturated heterocycles. The van der Waals surface area contributed by atoms with Crippen LogP contribution in [0.3, 0.4) is 0 Å². The van der Waals surface area contributed by atoms with Gasteiger partial charge in [0.2, 0.25) is 0 Å². The van der Waals surface area contributed by atoms with Crippen LogP contribution in [-0.2, 0) is 4.74 Å². The number of para-hydroxylation sites is 2. The van der Waals surface area contributed by atoms with Gasteiger partial charge in [-0.2, -0.15) is 0 Å². The van der Waals surface area contributed by atoms with E-state index in [-0.39, 0.29) is 17.3 Å². The zero-order valence-corrected chi connectivity index (χ0v) is 18.9. The van der Waals surface area contributed by atoms with Gasteiger partial charge in [0.15, 0.2) is 5.65 Å². The van der Waals surface area contributed by atoms with Crippen LogP contribution in [0.5, 0.6) is 11.5 Å². The summed E-state index contributed by atoms with van der Waals surface area (Å²) < 4.78 is 17.9. The van der Waals surface area contributed by atoms with E-state index in [0.717, 1.165) is 0 Å². The molecule has 1 amide bonds. The molecule has 0 aliphatic carbocycles. The van der Waals surface area contributed by atoms with Crippen molar-refractivity contribution in [2.24, 2.45) is 0 Å². The molecule has 9 heteroatoms. The summed E-state index contributed by atoms with van der Waals surface area (Å²) >= 11 is 0. The highest BCUT2D eigenvalue weighted by molar-refractivity contribution is 6.11. The van der Waals surface area contributed by atoms with E-state index in [1.165, 1.54) is 0 Å². The highest BCUT2D eigenvalue weighted by Crippen LogP contribution is 2.36. The number of hydrogen-bond acceptors (Lipinski definition) is 7. The molecule has 0 aliphatic rings. The minimum atomic E-state index is -0.315. The van der Waals surface area contributed by atoms with Gasteiger partial charge < -0.3 is 25.3 Å². The van der Waals surface area contributed by atoms with Gasteiger partial charge in [0.25, 0.3) is 5.91 Å². The average Bonchev–Trinajstić information content (AvgIpc) is 3.12. The van der Waals surface area contributed by atoms with Crippen LogP contribution in [0.25, 0.3) is 27.9 Å². The third kappa shape index (κ3) is 4.27. The maximum Gasteiger partial charge on any atom is 0.257 e. The van der Waals surface area contributed by atoms with E-state index in [2.05, 4.69) is 5.32 Å². The molecule has 9 nitrogen and oxygen atoms in total. The SMILES string of the molecule is CCOCCCNC(=O)c1c(N)n(-c2ccc(OC)cc2OC)c2nc3ccccc3nc12. The predicted octanol–water partition coefficient (Wildman–Crippen LogP) is 3.33. The molecule has 0 radical (unpaired) electrons. The summed E-state index contributed by atoms with van der Waals surface area (Å²) in [7, 11) is 3.15. The van der Waals surface area contributed by atoms with Crippen molar-refractivity contribution in [3.63, 3.8) is 0 Å². The highest BCUT2D eigenvalue weighted by atomic mass is 16.5. The Bertz CT molecular complexity index is 1300. The third-order valence-corrected chi connectivity index (χ3v) is 5.31. The number of nitrogen functional groups attached to an aromatic ring is 1. The maximum atomic E-state index is 13.2. The molecule has 2 aromatic heterocycles. The zero-order chi connectivity index (χ0) is 23.4. The quantitative estimate of drug-likeness (QED) is 0.377. The van der Waals surface area contributed by atoms with Crippen LogP contribution in [0.2, 0.25) is 0 Å². The Kier molecular flexibility index (Phi) is 6.60. The van der Waals surface area contributed by atoms with Crippen molar-refractivity contribution in [1.29, 1.82) is 0 Å². The number of benzene rings is 2. The summed E-state index contributed by atoms with van der Waals surface area (Å²) in [5.74, 6) is 1.07. The van der Waals surface area contributed by atoms with Crippen molar-refractivity contribution in [2.75, 3.05) is 39.7 Å². The highest BCUT2D eigenvalue weighted by Gasteiger charge is 2.26. The van der Waals surface area contributed by atoms with E-state index in [1.807, 2.05) is 37.3 Å². The summed E-state index contributed by atoms with van der Waals surface area (Å²) in [6, 6.07) is 12.9. The van der Waals surface area contributed by atoms with E-state index >= 15 is 0 Å². The number of fused-ring (bicyclic) bond motifs is 2. The molecule has 2 heterocycles. The van der Waals surface area contributed by atoms with Gasteiger partial charge in [0.05, 0.1) is 30.9 Å². The van der Waals surface area contributed by atoms with Crippen LogP contribution in [0.1, 0.15) is 23.7 Å². The molecule has 0 spiro atoms. The Morgan fingerprint density at radius 2 is 1.85 bits per heavy atom. The zero-order valence-electron chi connectivity index (χ0n) is 18.9. The van der Waals surface area contributed by atoms with Crippen molar-refractivity contribution in [3.8, 4) is 17.2 Å². The number of carbonyl (C=O) groups excluding carboxylic acids is 1. The number of anilines is 1. The van der Waals surface area contributed by atoms with Crippen LogP contribution in [0, 0.1) is 0 Å². The van der Waals surface area contributed by atoms with Gasteiger partial charge in [0, 0.05) is 25.8 Å². The van der Waals surface area contributed by atoms with Crippen molar-refractivity contribution in [2.45, 2.75) is 13.3 Å². The maximum absolute atomic E-state index is 13.2. The number of carbonyl (C=O) groups is 1. The Labute approximate surface area is 191 Å². The van der Waals surface area contributed by atoms with E-state index in [1.54, 1.807) is 30.9 Å². The summed E-state index contributed by atoms with van der Waals surface area (Å²) in [4.78, 5) is 22.7. The minimum Gasteiger partial charge on any atom is -0.497 e. The van der Waals surface area contributed by atoms with Gasteiger partial charge in [-0.25, -0.2) is 9.97 Å². The molecule has 3 N–H and O–H groups in total. The van der Waals surface area contributed by atoms with Crippen molar-refractivity contribution in [3.05, 3.63) is 48.0 Å². The number of aromatic nitrogens is 3. The number of methoxy groups -OCH3 is 2. The fourth-order valence-corrected chi connectivity index (χ4v) is 3.71. The van der Waals surface area contributed by atoms with E-state index < -0.39 is 0 Å². The van der Waals surface area contributed by atoms with E-state index in [0.29, 0.717) is 65.6 Å². The lowest BCUT2D eigenvalue weighted by Crippen LogP contribution is -2.26. The monoisotopic (exact) mass is 449 g/mol. The molecule has 0 unspecified atom stereocenters. The summed E-state index contributed by atoms with van der Waals surface area (Å²) in [6.07, 6.45) is 0.693. The smallest absolute Gasteiger partial charge is 0.257 e. The molecular weight excluding hydrogens is 422 g/mol. The van der Waals surface area contributed by atoms with Gasteiger partial charge in [-0.1, -0.05) is 12.1 Å².